The fourth-order valence-corrected chi connectivity index (χ4v) is 3.71. The molecule has 1 fully saturated rings. The minimum atomic E-state index is -0.456. The van der Waals surface area contributed by atoms with Crippen molar-refractivity contribution >= 4 is 23.5 Å². The number of carbonyl (C=O) groups excluding carboxylic acids is 4. The molecule has 2 aliphatic rings. The smallest absolute Gasteiger partial charge is 0.261 e. The van der Waals surface area contributed by atoms with Gasteiger partial charge in [0.25, 0.3) is 11.8 Å². The summed E-state index contributed by atoms with van der Waals surface area (Å²) in [5, 5.41) is 9.10. The van der Waals surface area contributed by atoms with Crippen LogP contribution in [0.25, 0.3) is 0 Å². The Morgan fingerprint density at radius 2 is 1.78 bits per heavy atom. The standard InChI is InChI=1S/C20H24N2O5/c1-13(22-19(26)15-7-3-4-8-16(15)20(22)27)6-2-5-9-18(25)21-10-14(12-23)17(24)11-21/h3-4,7-8,13-14,23H,2,5-6,9-12H2,1H3/t13?,14-/m0/s1. The summed E-state index contributed by atoms with van der Waals surface area (Å²) in [5.41, 5.74) is 0.892. The molecule has 27 heavy (non-hydrogen) atoms. The quantitative estimate of drug-likeness (QED) is 0.574. The molecule has 0 saturated carbocycles. The predicted octanol–water partition coefficient (Wildman–Crippen LogP) is 1.25. The van der Waals surface area contributed by atoms with Gasteiger partial charge in [-0.2, -0.15) is 0 Å². The van der Waals surface area contributed by atoms with Crippen LogP contribution in [0.15, 0.2) is 24.3 Å². The van der Waals surface area contributed by atoms with Crippen LogP contribution < -0.4 is 0 Å². The summed E-state index contributed by atoms with van der Waals surface area (Å²) in [4.78, 5) is 51.5. The Balaban J connectivity index is 1.45. The van der Waals surface area contributed by atoms with E-state index in [2.05, 4.69) is 0 Å². The predicted molar refractivity (Wildman–Crippen MR) is 97.0 cm³/mol. The van der Waals surface area contributed by atoms with Crippen LogP contribution in [-0.4, -0.2) is 64.1 Å². The van der Waals surface area contributed by atoms with E-state index in [1.54, 1.807) is 24.3 Å². The second-order valence-corrected chi connectivity index (χ2v) is 7.24. The molecule has 2 heterocycles. The molecule has 7 nitrogen and oxygen atoms in total. The van der Waals surface area contributed by atoms with E-state index in [1.807, 2.05) is 6.92 Å². The Morgan fingerprint density at radius 1 is 1.15 bits per heavy atom. The van der Waals surface area contributed by atoms with Crippen LogP contribution in [0.4, 0.5) is 0 Å². The van der Waals surface area contributed by atoms with Crippen LogP contribution in [0.1, 0.15) is 53.3 Å². The highest BCUT2D eigenvalue weighted by Gasteiger charge is 2.38. The maximum Gasteiger partial charge on any atom is 0.261 e. The summed E-state index contributed by atoms with van der Waals surface area (Å²) in [6.45, 7) is 1.99. The van der Waals surface area contributed by atoms with Crippen LogP contribution in [0.5, 0.6) is 0 Å². The molecule has 2 atom stereocenters. The first-order valence-electron chi connectivity index (χ1n) is 9.32. The second kappa shape index (κ2) is 8.00. The average Bonchev–Trinajstić information content (AvgIpc) is 3.16. The lowest BCUT2D eigenvalue weighted by Gasteiger charge is -2.22. The summed E-state index contributed by atoms with van der Waals surface area (Å²) in [7, 11) is 0. The molecule has 1 aromatic rings. The van der Waals surface area contributed by atoms with E-state index in [-0.39, 0.29) is 42.7 Å². The molecule has 3 rings (SSSR count). The lowest BCUT2D eigenvalue weighted by molar-refractivity contribution is -0.131. The second-order valence-electron chi connectivity index (χ2n) is 7.24. The largest absolute Gasteiger partial charge is 0.396 e. The number of likely N-dealkylation sites (tertiary alicyclic amines) is 1. The summed E-state index contributed by atoms with van der Waals surface area (Å²) in [5.74, 6) is -1.16. The molecule has 0 aliphatic carbocycles. The van der Waals surface area contributed by atoms with Gasteiger partial charge in [-0.1, -0.05) is 18.6 Å². The Kier molecular flexibility index (Phi) is 5.70. The third-order valence-corrected chi connectivity index (χ3v) is 5.34. The number of Topliss-reactive ketones (excluding diaryl/α,β-unsaturated/α-hetero) is 1. The van der Waals surface area contributed by atoms with Crippen LogP contribution in [0.2, 0.25) is 0 Å². The molecule has 0 aromatic heterocycles. The van der Waals surface area contributed by atoms with Crippen molar-refractivity contribution < 1.29 is 24.3 Å². The van der Waals surface area contributed by atoms with Crippen molar-refractivity contribution in [2.45, 2.75) is 38.6 Å². The van der Waals surface area contributed by atoms with Crippen molar-refractivity contribution in [3.05, 3.63) is 35.4 Å². The van der Waals surface area contributed by atoms with E-state index in [4.69, 9.17) is 5.11 Å². The lowest BCUT2D eigenvalue weighted by atomic mass is 10.1. The number of unbranched alkanes of at least 4 members (excludes halogenated alkanes) is 1. The van der Waals surface area contributed by atoms with Crippen molar-refractivity contribution in [1.29, 1.82) is 0 Å². The highest BCUT2D eigenvalue weighted by molar-refractivity contribution is 6.21. The molecule has 1 aromatic carbocycles. The molecule has 1 N–H and O–H groups in total. The lowest BCUT2D eigenvalue weighted by Crippen LogP contribution is -2.38. The zero-order valence-electron chi connectivity index (χ0n) is 15.4. The Hall–Kier alpha value is -2.54. The third kappa shape index (κ3) is 3.78. The van der Waals surface area contributed by atoms with Gasteiger partial charge in [-0.15, -0.1) is 0 Å². The first kappa shape index (κ1) is 19.2. The van der Waals surface area contributed by atoms with Gasteiger partial charge in [-0.25, -0.2) is 0 Å². The molecule has 0 radical (unpaired) electrons. The maximum atomic E-state index is 12.4. The number of rotatable bonds is 7. The van der Waals surface area contributed by atoms with E-state index in [1.165, 1.54) is 9.80 Å². The molecule has 0 bridgehead atoms. The number of aliphatic hydroxyl groups excluding tert-OH is 1. The van der Waals surface area contributed by atoms with Crippen LogP contribution in [0.3, 0.4) is 0 Å². The van der Waals surface area contributed by atoms with Gasteiger partial charge in [0, 0.05) is 19.0 Å². The summed E-state index contributed by atoms with van der Waals surface area (Å²) < 4.78 is 0. The summed E-state index contributed by atoms with van der Waals surface area (Å²) >= 11 is 0. The number of benzene rings is 1. The first-order valence-corrected chi connectivity index (χ1v) is 9.32. The molecule has 144 valence electrons. The number of hydrogen-bond acceptors (Lipinski definition) is 5. The molecule has 3 amide bonds. The maximum absolute atomic E-state index is 12.4. The van der Waals surface area contributed by atoms with Gasteiger partial charge in [-0.3, -0.25) is 24.1 Å². The number of hydrogen-bond donors (Lipinski definition) is 1. The average molecular weight is 372 g/mol. The Labute approximate surface area is 157 Å². The van der Waals surface area contributed by atoms with E-state index >= 15 is 0 Å². The van der Waals surface area contributed by atoms with Crippen molar-refractivity contribution in [2.24, 2.45) is 5.92 Å². The minimum Gasteiger partial charge on any atom is -0.396 e. The molecular weight excluding hydrogens is 348 g/mol. The van der Waals surface area contributed by atoms with E-state index in [9.17, 15) is 19.2 Å². The van der Waals surface area contributed by atoms with Gasteiger partial charge in [-0.05, 0) is 31.9 Å². The van der Waals surface area contributed by atoms with Gasteiger partial charge >= 0.3 is 0 Å². The van der Waals surface area contributed by atoms with Gasteiger partial charge in [0.15, 0.2) is 5.78 Å². The van der Waals surface area contributed by atoms with E-state index < -0.39 is 5.92 Å². The van der Waals surface area contributed by atoms with Crippen molar-refractivity contribution in [3.8, 4) is 0 Å². The van der Waals surface area contributed by atoms with Crippen molar-refractivity contribution in [1.82, 2.24) is 9.80 Å². The minimum absolute atomic E-state index is 0.0789. The zero-order chi connectivity index (χ0) is 19.6. The monoisotopic (exact) mass is 372 g/mol. The van der Waals surface area contributed by atoms with Crippen molar-refractivity contribution in [2.75, 3.05) is 19.7 Å². The number of imide groups is 1. The first-order chi connectivity index (χ1) is 12.9. The number of ketones is 1. The molecule has 1 unspecified atom stereocenters. The van der Waals surface area contributed by atoms with Gasteiger partial charge in [0.2, 0.25) is 5.91 Å². The Bertz CT molecular complexity index is 740. The molecule has 7 heteroatoms. The molecular formula is C20H24N2O5. The van der Waals surface area contributed by atoms with Crippen LogP contribution >= 0.6 is 0 Å². The normalized spacial score (nSPS) is 20.4. The van der Waals surface area contributed by atoms with Crippen LogP contribution in [0, 0.1) is 5.92 Å². The molecule has 0 spiro atoms. The highest BCUT2D eigenvalue weighted by atomic mass is 16.3. The zero-order valence-corrected chi connectivity index (χ0v) is 15.4. The number of aliphatic hydroxyl groups is 1. The topological polar surface area (TPSA) is 95.0 Å². The van der Waals surface area contributed by atoms with Crippen LogP contribution in [-0.2, 0) is 9.59 Å². The summed E-state index contributed by atoms with van der Waals surface area (Å²) in [6, 6.07) is 6.58. The van der Waals surface area contributed by atoms with E-state index in [0.29, 0.717) is 43.4 Å². The fraction of sp³-hybridized carbons (Fsp3) is 0.500. The van der Waals surface area contributed by atoms with Gasteiger partial charge in [0.1, 0.15) is 0 Å². The summed E-state index contributed by atoms with van der Waals surface area (Å²) in [6.07, 6.45) is 2.27. The highest BCUT2D eigenvalue weighted by Crippen LogP contribution is 2.26. The Morgan fingerprint density at radius 3 is 2.33 bits per heavy atom. The third-order valence-electron chi connectivity index (χ3n) is 5.34. The molecule has 1 saturated heterocycles. The fourth-order valence-electron chi connectivity index (χ4n) is 3.71. The number of fused-ring (bicyclic) bond motifs is 1. The van der Waals surface area contributed by atoms with Gasteiger partial charge in [0.05, 0.1) is 30.2 Å². The number of carbonyl (C=O) groups is 4. The molecule has 2 aliphatic heterocycles. The van der Waals surface area contributed by atoms with E-state index in [0.717, 1.165) is 0 Å². The SMILES string of the molecule is CC(CCCCC(=O)N1CC(=O)[C@H](CO)C1)N1C(=O)c2ccccc2C1=O. The van der Waals surface area contributed by atoms with Gasteiger partial charge < -0.3 is 10.0 Å². The van der Waals surface area contributed by atoms with Crippen molar-refractivity contribution in [3.63, 3.8) is 0 Å². The number of nitrogens with zero attached hydrogens (tertiary/aromatic N) is 2. The number of amides is 3.